The number of benzene rings is 1. The number of nitrogens with zero attached hydrogens (tertiary/aromatic N) is 2. The molecule has 1 rings (SSSR count). The molecule has 0 N–H and O–H groups in total. The minimum Gasteiger partial charge on any atom is -0.192 e. The van der Waals surface area contributed by atoms with Crippen LogP contribution in [0.3, 0.4) is 0 Å². The molecule has 1 aromatic rings. The zero-order chi connectivity index (χ0) is 9.14. The van der Waals surface area contributed by atoms with Crippen molar-refractivity contribution in [3.63, 3.8) is 0 Å². The summed E-state index contributed by atoms with van der Waals surface area (Å²) in [7, 11) is 0. The van der Waals surface area contributed by atoms with E-state index in [4.69, 9.17) is 10.5 Å². The van der Waals surface area contributed by atoms with E-state index in [-0.39, 0.29) is 0 Å². The van der Waals surface area contributed by atoms with Gasteiger partial charge in [0.15, 0.2) is 0 Å². The molecule has 0 radical (unpaired) electrons. The molecule has 0 aliphatic rings. The SMILES string of the molecule is N#Cc1cc(Br)c(C#N)c(Br)c1. The quantitative estimate of drug-likeness (QED) is 0.736. The Morgan fingerprint density at radius 3 is 1.83 bits per heavy atom. The fourth-order valence-corrected chi connectivity index (χ4v) is 2.11. The van der Waals surface area contributed by atoms with Gasteiger partial charge in [-0.15, -0.1) is 0 Å². The van der Waals surface area contributed by atoms with Crippen LogP contribution < -0.4 is 0 Å². The second-order valence-corrected chi connectivity index (χ2v) is 3.75. The topological polar surface area (TPSA) is 47.6 Å². The molecule has 0 aliphatic heterocycles. The Labute approximate surface area is 86.7 Å². The van der Waals surface area contributed by atoms with Crippen molar-refractivity contribution < 1.29 is 0 Å². The molecule has 4 heteroatoms. The van der Waals surface area contributed by atoms with Crippen molar-refractivity contribution in [2.24, 2.45) is 0 Å². The highest BCUT2D eigenvalue weighted by Crippen LogP contribution is 2.25. The monoisotopic (exact) mass is 284 g/mol. The van der Waals surface area contributed by atoms with Crippen molar-refractivity contribution in [2.45, 2.75) is 0 Å². The fourth-order valence-electron chi connectivity index (χ4n) is 0.744. The summed E-state index contributed by atoms with van der Waals surface area (Å²) in [5, 5.41) is 17.2. The van der Waals surface area contributed by atoms with Crippen LogP contribution in [0.5, 0.6) is 0 Å². The second kappa shape index (κ2) is 3.71. The van der Waals surface area contributed by atoms with Crippen LogP contribution in [0.1, 0.15) is 11.1 Å². The predicted molar refractivity (Wildman–Crippen MR) is 51.3 cm³/mol. The summed E-state index contributed by atoms with van der Waals surface area (Å²) in [6.45, 7) is 0. The van der Waals surface area contributed by atoms with Crippen LogP contribution in [0.25, 0.3) is 0 Å². The maximum atomic E-state index is 8.67. The minimum atomic E-state index is 0.508. The van der Waals surface area contributed by atoms with Gasteiger partial charge in [0.1, 0.15) is 6.07 Å². The molecular formula is C8H2Br2N2. The fraction of sp³-hybridized carbons (Fsp3) is 0. The van der Waals surface area contributed by atoms with E-state index in [0.717, 1.165) is 0 Å². The molecule has 0 aliphatic carbocycles. The number of nitriles is 2. The molecular weight excluding hydrogens is 284 g/mol. The predicted octanol–water partition coefficient (Wildman–Crippen LogP) is 2.95. The molecule has 12 heavy (non-hydrogen) atoms. The van der Waals surface area contributed by atoms with Gasteiger partial charge in [0.25, 0.3) is 0 Å². The number of hydrogen-bond donors (Lipinski definition) is 0. The maximum Gasteiger partial charge on any atom is 0.102 e. The summed E-state index contributed by atoms with van der Waals surface area (Å²) in [4.78, 5) is 0. The van der Waals surface area contributed by atoms with E-state index in [0.29, 0.717) is 20.1 Å². The van der Waals surface area contributed by atoms with Gasteiger partial charge in [-0.25, -0.2) is 0 Å². The minimum absolute atomic E-state index is 0.508. The molecule has 0 saturated heterocycles. The summed E-state index contributed by atoms with van der Waals surface area (Å²) < 4.78 is 1.27. The second-order valence-electron chi connectivity index (χ2n) is 2.04. The largest absolute Gasteiger partial charge is 0.192 e. The Bertz CT molecular complexity index is 375. The lowest BCUT2D eigenvalue weighted by Gasteiger charge is -1.98. The Hall–Kier alpha value is -0.840. The van der Waals surface area contributed by atoms with Crippen molar-refractivity contribution in [1.82, 2.24) is 0 Å². The lowest BCUT2D eigenvalue weighted by Crippen LogP contribution is -1.83. The number of rotatable bonds is 0. The smallest absolute Gasteiger partial charge is 0.102 e. The van der Waals surface area contributed by atoms with Crippen LogP contribution in [0.15, 0.2) is 21.1 Å². The third-order valence-corrected chi connectivity index (χ3v) is 2.53. The van der Waals surface area contributed by atoms with Crippen LogP contribution in [-0.2, 0) is 0 Å². The van der Waals surface area contributed by atoms with E-state index >= 15 is 0 Å². The zero-order valence-electron chi connectivity index (χ0n) is 5.81. The molecule has 0 amide bonds. The molecule has 0 bridgehead atoms. The van der Waals surface area contributed by atoms with Gasteiger partial charge in [-0.3, -0.25) is 0 Å². The third-order valence-electron chi connectivity index (χ3n) is 1.28. The van der Waals surface area contributed by atoms with E-state index < -0.39 is 0 Å². The van der Waals surface area contributed by atoms with Gasteiger partial charge < -0.3 is 0 Å². The van der Waals surface area contributed by atoms with Gasteiger partial charge in [0.05, 0.1) is 17.2 Å². The number of halogens is 2. The molecule has 1 aromatic carbocycles. The lowest BCUT2D eigenvalue weighted by atomic mass is 10.2. The van der Waals surface area contributed by atoms with Crippen LogP contribution in [0.4, 0.5) is 0 Å². The van der Waals surface area contributed by atoms with Gasteiger partial charge in [0, 0.05) is 8.95 Å². The summed E-state index contributed by atoms with van der Waals surface area (Å²) >= 11 is 6.39. The molecule has 0 atom stereocenters. The summed E-state index contributed by atoms with van der Waals surface area (Å²) in [6.07, 6.45) is 0. The van der Waals surface area contributed by atoms with Crippen molar-refractivity contribution >= 4 is 31.9 Å². The molecule has 0 saturated carbocycles. The molecule has 2 nitrogen and oxygen atoms in total. The van der Waals surface area contributed by atoms with Gasteiger partial charge in [-0.2, -0.15) is 10.5 Å². The maximum absolute atomic E-state index is 8.67. The van der Waals surface area contributed by atoms with E-state index in [9.17, 15) is 0 Å². The standard InChI is InChI=1S/C8H2Br2N2/c9-7-1-5(3-11)2-8(10)6(7)4-12/h1-2H. The first-order valence-corrected chi connectivity index (χ1v) is 4.57. The van der Waals surface area contributed by atoms with Crippen LogP contribution in [-0.4, -0.2) is 0 Å². The van der Waals surface area contributed by atoms with Crippen molar-refractivity contribution in [2.75, 3.05) is 0 Å². The van der Waals surface area contributed by atoms with Crippen molar-refractivity contribution in [1.29, 1.82) is 10.5 Å². The highest BCUT2D eigenvalue weighted by atomic mass is 79.9. The molecule has 0 unspecified atom stereocenters. The molecule has 0 aromatic heterocycles. The van der Waals surface area contributed by atoms with E-state index in [1.165, 1.54) is 0 Å². The normalized spacial score (nSPS) is 8.67. The Kier molecular flexibility index (Phi) is 2.86. The van der Waals surface area contributed by atoms with Gasteiger partial charge in [0.2, 0.25) is 0 Å². The number of hydrogen-bond acceptors (Lipinski definition) is 2. The molecule has 0 spiro atoms. The Morgan fingerprint density at radius 1 is 1.00 bits per heavy atom. The average molecular weight is 286 g/mol. The van der Waals surface area contributed by atoms with Crippen LogP contribution in [0.2, 0.25) is 0 Å². The van der Waals surface area contributed by atoms with Crippen molar-refractivity contribution in [3.05, 3.63) is 32.2 Å². The zero-order valence-corrected chi connectivity index (χ0v) is 8.98. The molecule has 58 valence electrons. The highest BCUT2D eigenvalue weighted by Gasteiger charge is 2.05. The first-order valence-electron chi connectivity index (χ1n) is 2.98. The van der Waals surface area contributed by atoms with E-state index in [2.05, 4.69) is 31.9 Å². The van der Waals surface area contributed by atoms with E-state index in [1.807, 2.05) is 12.1 Å². The summed E-state index contributed by atoms with van der Waals surface area (Å²) in [5.41, 5.74) is 1.03. The van der Waals surface area contributed by atoms with Crippen molar-refractivity contribution in [3.8, 4) is 12.1 Å². The van der Waals surface area contributed by atoms with Crippen LogP contribution >= 0.6 is 31.9 Å². The van der Waals surface area contributed by atoms with E-state index in [1.54, 1.807) is 12.1 Å². The van der Waals surface area contributed by atoms with Gasteiger partial charge in [-0.1, -0.05) is 0 Å². The van der Waals surface area contributed by atoms with Gasteiger partial charge in [-0.05, 0) is 44.0 Å². The Morgan fingerprint density at radius 2 is 1.50 bits per heavy atom. The molecule has 0 heterocycles. The van der Waals surface area contributed by atoms with Crippen LogP contribution in [0, 0.1) is 22.7 Å². The molecule has 0 fully saturated rings. The summed E-state index contributed by atoms with van der Waals surface area (Å²) in [6, 6.07) is 7.23. The average Bonchev–Trinajstić information content (AvgIpc) is 2.03. The Balaban J connectivity index is 3.43. The highest BCUT2D eigenvalue weighted by molar-refractivity contribution is 9.11. The lowest BCUT2D eigenvalue weighted by molar-refractivity contribution is 1.41. The first kappa shape index (κ1) is 9.25. The first-order chi connectivity index (χ1) is 5.69. The van der Waals surface area contributed by atoms with Gasteiger partial charge >= 0.3 is 0 Å². The summed E-state index contributed by atoms with van der Waals surface area (Å²) in [5.74, 6) is 0. The third kappa shape index (κ3) is 1.66.